The van der Waals surface area contributed by atoms with E-state index in [0.717, 1.165) is 6.26 Å². The van der Waals surface area contributed by atoms with E-state index < -0.39 is 15.8 Å². The van der Waals surface area contributed by atoms with Crippen LogP contribution in [0.3, 0.4) is 0 Å². The highest BCUT2D eigenvalue weighted by Crippen LogP contribution is 2.25. The maximum absolute atomic E-state index is 11.6. The van der Waals surface area contributed by atoms with Crippen LogP contribution in [0.4, 0.5) is 0 Å². The SMILES string of the molecule is COC(=O)c1ccc(S(C)(=O)=O)c(CBr)c1C. The van der Waals surface area contributed by atoms with Gasteiger partial charge >= 0.3 is 5.97 Å². The number of halogens is 1. The number of ether oxygens (including phenoxy) is 1. The average Bonchev–Trinajstić information content (AvgIpc) is 2.26. The van der Waals surface area contributed by atoms with Crippen molar-refractivity contribution in [2.24, 2.45) is 0 Å². The number of carbonyl (C=O) groups is 1. The molecule has 0 N–H and O–H groups in total. The Morgan fingerprint density at radius 2 is 2.00 bits per heavy atom. The molecule has 0 heterocycles. The first kappa shape index (κ1) is 14.2. The smallest absolute Gasteiger partial charge is 0.338 e. The molecule has 0 radical (unpaired) electrons. The molecule has 0 aliphatic rings. The van der Waals surface area contributed by atoms with Crippen LogP contribution in [-0.4, -0.2) is 27.8 Å². The summed E-state index contributed by atoms with van der Waals surface area (Å²) in [7, 11) is -2.01. The Balaban J connectivity index is 3.54. The Bertz CT molecular complexity index is 549. The van der Waals surface area contributed by atoms with Crippen LogP contribution in [0, 0.1) is 6.92 Å². The number of alkyl halides is 1. The molecule has 0 spiro atoms. The molecule has 1 aromatic carbocycles. The number of benzene rings is 1. The van der Waals surface area contributed by atoms with Gasteiger partial charge < -0.3 is 4.74 Å². The van der Waals surface area contributed by atoms with Gasteiger partial charge in [0.15, 0.2) is 9.84 Å². The van der Waals surface area contributed by atoms with Crippen molar-refractivity contribution in [3.05, 3.63) is 28.8 Å². The third-order valence-electron chi connectivity index (χ3n) is 2.49. The number of esters is 1. The highest BCUT2D eigenvalue weighted by atomic mass is 79.9. The molecule has 0 saturated carbocycles. The number of hydrogen-bond acceptors (Lipinski definition) is 4. The predicted molar refractivity (Wildman–Crippen MR) is 68.3 cm³/mol. The van der Waals surface area contributed by atoms with Crippen LogP contribution >= 0.6 is 15.9 Å². The summed E-state index contributed by atoms with van der Waals surface area (Å²) in [5, 5.41) is 0.367. The third kappa shape index (κ3) is 2.87. The van der Waals surface area contributed by atoms with Crippen molar-refractivity contribution in [2.75, 3.05) is 13.4 Å². The van der Waals surface area contributed by atoms with Crippen LogP contribution in [0.5, 0.6) is 0 Å². The molecule has 1 rings (SSSR count). The number of hydrogen-bond donors (Lipinski definition) is 0. The van der Waals surface area contributed by atoms with Crippen LogP contribution in [0.2, 0.25) is 0 Å². The topological polar surface area (TPSA) is 60.4 Å². The first-order valence-corrected chi connectivity index (χ1v) is 7.81. The zero-order valence-corrected chi connectivity index (χ0v) is 12.2. The number of sulfone groups is 1. The summed E-state index contributed by atoms with van der Waals surface area (Å²) in [6.07, 6.45) is 1.14. The Kier molecular flexibility index (Phi) is 4.32. The largest absolute Gasteiger partial charge is 0.465 e. The van der Waals surface area contributed by atoms with Gasteiger partial charge in [-0.25, -0.2) is 13.2 Å². The minimum absolute atomic E-state index is 0.236. The van der Waals surface area contributed by atoms with E-state index in [4.69, 9.17) is 0 Å². The minimum Gasteiger partial charge on any atom is -0.465 e. The van der Waals surface area contributed by atoms with Crippen LogP contribution < -0.4 is 0 Å². The number of methoxy groups -OCH3 is 1. The van der Waals surface area contributed by atoms with Crippen LogP contribution in [-0.2, 0) is 19.9 Å². The Labute approximate surface area is 109 Å². The maximum Gasteiger partial charge on any atom is 0.338 e. The Morgan fingerprint density at radius 3 is 2.41 bits per heavy atom. The van der Waals surface area contributed by atoms with Gasteiger partial charge in [-0.2, -0.15) is 0 Å². The van der Waals surface area contributed by atoms with Crippen LogP contribution in [0.15, 0.2) is 17.0 Å². The van der Waals surface area contributed by atoms with Gasteiger partial charge in [0.2, 0.25) is 0 Å². The second-order valence-electron chi connectivity index (χ2n) is 3.61. The lowest BCUT2D eigenvalue weighted by atomic mass is 10.0. The van der Waals surface area contributed by atoms with Gasteiger partial charge in [-0.15, -0.1) is 0 Å². The van der Waals surface area contributed by atoms with E-state index in [-0.39, 0.29) is 4.90 Å². The molecular formula is C11H13BrO4S. The summed E-state index contributed by atoms with van der Waals surface area (Å²) in [5.41, 5.74) is 1.60. The summed E-state index contributed by atoms with van der Waals surface area (Å²) in [6.45, 7) is 1.71. The molecule has 1 aromatic rings. The van der Waals surface area contributed by atoms with Gasteiger partial charge in [0.05, 0.1) is 17.6 Å². The summed E-state index contributed by atoms with van der Waals surface area (Å²) < 4.78 is 27.8. The fourth-order valence-corrected chi connectivity index (χ4v) is 3.47. The van der Waals surface area contributed by atoms with Crippen molar-refractivity contribution in [2.45, 2.75) is 17.1 Å². The molecule has 0 aromatic heterocycles. The Morgan fingerprint density at radius 1 is 1.41 bits per heavy atom. The van der Waals surface area contributed by atoms with Gasteiger partial charge in [0, 0.05) is 11.6 Å². The average molecular weight is 321 g/mol. The predicted octanol–water partition coefficient (Wildman–Crippen LogP) is 2.08. The van der Waals surface area contributed by atoms with Gasteiger partial charge in [-0.3, -0.25) is 0 Å². The van der Waals surface area contributed by atoms with Crippen molar-refractivity contribution >= 4 is 31.7 Å². The monoisotopic (exact) mass is 320 g/mol. The Hall–Kier alpha value is -0.880. The van der Waals surface area contributed by atoms with Gasteiger partial charge in [-0.05, 0) is 30.2 Å². The quantitative estimate of drug-likeness (QED) is 0.632. The zero-order chi connectivity index (χ0) is 13.2. The molecule has 0 aliphatic heterocycles. The van der Waals surface area contributed by atoms with Crippen molar-refractivity contribution in [1.82, 2.24) is 0 Å². The molecule has 0 aliphatic carbocycles. The lowest BCUT2D eigenvalue weighted by Gasteiger charge is -2.12. The van der Waals surface area contributed by atoms with Crippen molar-refractivity contribution in [3.63, 3.8) is 0 Å². The molecular weight excluding hydrogens is 308 g/mol. The standard InChI is InChI=1S/C11H13BrO4S/c1-7-8(11(13)16-2)4-5-10(9(7)6-12)17(3,14)15/h4-5H,6H2,1-3H3. The van der Waals surface area contributed by atoms with E-state index in [1.807, 2.05) is 0 Å². The second kappa shape index (κ2) is 5.18. The lowest BCUT2D eigenvalue weighted by Crippen LogP contribution is -2.09. The molecule has 6 heteroatoms. The number of rotatable bonds is 3. The summed E-state index contributed by atoms with van der Waals surface area (Å²) in [4.78, 5) is 11.7. The highest BCUT2D eigenvalue weighted by molar-refractivity contribution is 9.08. The molecule has 0 amide bonds. The third-order valence-corrected chi connectivity index (χ3v) is 4.24. The van der Waals surface area contributed by atoms with Gasteiger partial charge in [-0.1, -0.05) is 15.9 Å². The summed E-state index contributed by atoms with van der Waals surface area (Å²) in [5.74, 6) is -0.468. The maximum atomic E-state index is 11.6. The van der Waals surface area contributed by atoms with E-state index in [1.165, 1.54) is 19.2 Å². The van der Waals surface area contributed by atoms with Crippen LogP contribution in [0.1, 0.15) is 21.5 Å². The molecule has 94 valence electrons. The second-order valence-corrected chi connectivity index (χ2v) is 6.16. The molecule has 17 heavy (non-hydrogen) atoms. The van der Waals surface area contributed by atoms with Crippen LogP contribution in [0.25, 0.3) is 0 Å². The summed E-state index contributed by atoms with van der Waals surface area (Å²) in [6, 6.07) is 2.91. The van der Waals surface area contributed by atoms with Crippen molar-refractivity contribution < 1.29 is 17.9 Å². The van der Waals surface area contributed by atoms with E-state index in [2.05, 4.69) is 20.7 Å². The first-order chi connectivity index (χ1) is 7.82. The molecule has 0 bridgehead atoms. The van der Waals surface area contributed by atoms with E-state index in [0.29, 0.717) is 22.0 Å². The molecule has 0 unspecified atom stereocenters. The minimum atomic E-state index is -3.30. The fraction of sp³-hybridized carbons (Fsp3) is 0.364. The number of carbonyl (C=O) groups excluding carboxylic acids is 1. The molecule has 0 saturated heterocycles. The van der Waals surface area contributed by atoms with E-state index in [9.17, 15) is 13.2 Å². The van der Waals surface area contributed by atoms with Gasteiger partial charge in [0.25, 0.3) is 0 Å². The van der Waals surface area contributed by atoms with Gasteiger partial charge in [0.1, 0.15) is 0 Å². The fourth-order valence-electron chi connectivity index (χ4n) is 1.58. The van der Waals surface area contributed by atoms with Crippen molar-refractivity contribution in [1.29, 1.82) is 0 Å². The zero-order valence-electron chi connectivity index (χ0n) is 9.78. The molecule has 4 nitrogen and oxygen atoms in total. The first-order valence-electron chi connectivity index (χ1n) is 4.79. The van der Waals surface area contributed by atoms with E-state index in [1.54, 1.807) is 6.92 Å². The normalized spacial score (nSPS) is 11.3. The summed E-state index contributed by atoms with van der Waals surface area (Å²) >= 11 is 3.24. The van der Waals surface area contributed by atoms with E-state index >= 15 is 0 Å². The lowest BCUT2D eigenvalue weighted by molar-refractivity contribution is 0.0599. The van der Waals surface area contributed by atoms with Crippen molar-refractivity contribution in [3.8, 4) is 0 Å². The molecule has 0 atom stereocenters. The molecule has 0 fully saturated rings. The highest BCUT2D eigenvalue weighted by Gasteiger charge is 2.19.